The van der Waals surface area contributed by atoms with Gasteiger partial charge in [-0.15, -0.1) is 0 Å². The van der Waals surface area contributed by atoms with Gasteiger partial charge in [0.1, 0.15) is 11.6 Å². The lowest BCUT2D eigenvalue weighted by Crippen LogP contribution is -2.55. The quantitative estimate of drug-likeness (QED) is 0.694. The zero-order valence-electron chi connectivity index (χ0n) is 17.3. The van der Waals surface area contributed by atoms with Crippen LogP contribution >= 0.6 is 0 Å². The molecule has 2 aliphatic rings. The summed E-state index contributed by atoms with van der Waals surface area (Å²) in [5, 5.41) is 15.9. The number of anilines is 1. The molecule has 0 radical (unpaired) electrons. The molecule has 4 rings (SSSR count). The normalized spacial score (nSPS) is 18.3. The second-order valence-corrected chi connectivity index (χ2v) is 8.37. The van der Waals surface area contributed by atoms with Gasteiger partial charge in [0.2, 0.25) is 0 Å². The molecule has 2 aromatic carbocycles. The maximum Gasteiger partial charge on any atom is 0.317 e. The van der Waals surface area contributed by atoms with E-state index in [-0.39, 0.29) is 30.3 Å². The average Bonchev–Trinajstić information content (AvgIpc) is 2.74. The topological polar surface area (TPSA) is 81.7 Å². The third-order valence-corrected chi connectivity index (χ3v) is 6.14. The first-order valence-corrected chi connectivity index (χ1v) is 10.4. The minimum absolute atomic E-state index is 0.0867. The number of Topliss-reactive ketones (excluding diaryl/α,β-unsaturated/α-hetero) is 1. The fourth-order valence-corrected chi connectivity index (χ4v) is 4.34. The average molecular weight is 429 g/mol. The van der Waals surface area contributed by atoms with Gasteiger partial charge in [-0.25, -0.2) is 13.6 Å². The number of likely N-dealkylation sites (tertiary alicyclic amines) is 1. The molecule has 0 aliphatic carbocycles. The molecule has 0 aromatic heterocycles. The molecule has 1 unspecified atom stereocenters. The van der Waals surface area contributed by atoms with Crippen molar-refractivity contribution in [2.45, 2.75) is 44.4 Å². The number of amides is 2. The van der Waals surface area contributed by atoms with E-state index < -0.39 is 23.3 Å². The number of carbonyl (C=O) groups is 2. The summed E-state index contributed by atoms with van der Waals surface area (Å²) in [6.45, 7) is 2.66. The lowest BCUT2D eigenvalue weighted by Gasteiger charge is -2.45. The Bertz CT molecular complexity index is 1020. The number of piperidine rings is 1. The lowest BCUT2D eigenvalue weighted by atomic mass is 9.78. The van der Waals surface area contributed by atoms with Crippen LogP contribution in [0.25, 0.3) is 0 Å². The summed E-state index contributed by atoms with van der Waals surface area (Å²) in [7, 11) is 0. The van der Waals surface area contributed by atoms with Crippen molar-refractivity contribution in [3.8, 4) is 0 Å². The molecule has 2 heterocycles. The van der Waals surface area contributed by atoms with Crippen molar-refractivity contribution >= 4 is 17.5 Å². The molecule has 164 valence electrons. The Balaban J connectivity index is 1.35. The molecule has 2 amide bonds. The fourth-order valence-electron chi connectivity index (χ4n) is 4.34. The molecule has 1 saturated heterocycles. The van der Waals surface area contributed by atoms with E-state index in [2.05, 4.69) is 10.6 Å². The molecule has 1 fully saturated rings. The number of aliphatic hydroxyl groups excluding tert-OH is 1. The van der Waals surface area contributed by atoms with Crippen molar-refractivity contribution in [1.29, 1.82) is 0 Å². The van der Waals surface area contributed by atoms with E-state index >= 15 is 0 Å². The van der Waals surface area contributed by atoms with E-state index in [1.54, 1.807) is 23.1 Å². The fraction of sp³-hybridized carbons (Fsp3) is 0.391. The van der Waals surface area contributed by atoms with Gasteiger partial charge in [0.15, 0.2) is 5.78 Å². The summed E-state index contributed by atoms with van der Waals surface area (Å²) >= 11 is 0. The predicted molar refractivity (Wildman–Crippen MR) is 112 cm³/mol. The van der Waals surface area contributed by atoms with Gasteiger partial charge in [0, 0.05) is 48.4 Å². The van der Waals surface area contributed by atoms with Gasteiger partial charge in [-0.2, -0.15) is 0 Å². The first-order chi connectivity index (χ1) is 14.8. The monoisotopic (exact) mass is 429 g/mol. The molecular weight excluding hydrogens is 404 g/mol. The summed E-state index contributed by atoms with van der Waals surface area (Å²) < 4.78 is 27.2. The highest BCUT2D eigenvalue weighted by molar-refractivity contribution is 6.04. The van der Waals surface area contributed by atoms with E-state index in [0.29, 0.717) is 42.7 Å². The van der Waals surface area contributed by atoms with E-state index in [4.69, 9.17) is 0 Å². The Hall–Kier alpha value is -3.00. The van der Waals surface area contributed by atoms with E-state index in [0.717, 1.165) is 0 Å². The van der Waals surface area contributed by atoms with E-state index in [9.17, 15) is 23.5 Å². The highest BCUT2D eigenvalue weighted by atomic mass is 19.1. The molecule has 6 nitrogen and oxygen atoms in total. The van der Waals surface area contributed by atoms with Crippen LogP contribution < -0.4 is 10.6 Å². The number of ketones is 1. The molecule has 3 N–H and O–H groups in total. The zero-order chi connectivity index (χ0) is 22.2. The third-order valence-electron chi connectivity index (χ3n) is 6.14. The smallest absolute Gasteiger partial charge is 0.317 e. The number of carbonyl (C=O) groups excluding carboxylic acids is 2. The largest absolute Gasteiger partial charge is 0.389 e. The highest BCUT2D eigenvalue weighted by Gasteiger charge is 2.41. The second-order valence-electron chi connectivity index (χ2n) is 8.37. The van der Waals surface area contributed by atoms with Crippen LogP contribution in [0, 0.1) is 11.6 Å². The minimum atomic E-state index is -0.929. The zero-order valence-corrected chi connectivity index (χ0v) is 17.3. The van der Waals surface area contributed by atoms with E-state index in [1.165, 1.54) is 25.1 Å². The molecule has 0 bridgehead atoms. The predicted octanol–water partition coefficient (Wildman–Crippen LogP) is 3.76. The number of fused-ring (bicyclic) bond motifs is 1. The van der Waals surface area contributed by atoms with Gasteiger partial charge in [0.25, 0.3) is 0 Å². The second kappa shape index (κ2) is 8.26. The molecular formula is C23H25F2N3O3. The Morgan fingerprint density at radius 2 is 1.97 bits per heavy atom. The Kier molecular flexibility index (Phi) is 5.66. The van der Waals surface area contributed by atoms with Gasteiger partial charge in [-0.1, -0.05) is 6.07 Å². The van der Waals surface area contributed by atoms with Crippen molar-refractivity contribution in [2.24, 2.45) is 0 Å². The minimum Gasteiger partial charge on any atom is -0.389 e. The highest BCUT2D eigenvalue weighted by Crippen LogP contribution is 2.37. The van der Waals surface area contributed by atoms with Crippen LogP contribution in [0.4, 0.5) is 19.3 Å². The number of benzene rings is 2. The van der Waals surface area contributed by atoms with Crippen LogP contribution in [0.3, 0.4) is 0 Å². The number of hydrogen-bond donors (Lipinski definition) is 3. The van der Waals surface area contributed by atoms with Crippen LogP contribution in [-0.2, 0) is 6.54 Å². The van der Waals surface area contributed by atoms with Gasteiger partial charge >= 0.3 is 6.03 Å². The van der Waals surface area contributed by atoms with Gasteiger partial charge in [-0.05, 0) is 55.7 Å². The summed E-state index contributed by atoms with van der Waals surface area (Å²) in [5.74, 6) is -1.00. The molecule has 2 aliphatic heterocycles. The maximum atomic E-state index is 13.7. The summed E-state index contributed by atoms with van der Waals surface area (Å²) in [4.78, 5) is 26.8. The summed E-state index contributed by atoms with van der Waals surface area (Å²) in [6, 6.07) is 8.35. The number of urea groups is 1. The molecule has 0 saturated carbocycles. The summed E-state index contributed by atoms with van der Waals surface area (Å²) in [6.07, 6.45) is 0.551. The van der Waals surface area contributed by atoms with Crippen LogP contribution in [0.1, 0.15) is 53.8 Å². The SMILES string of the molecule is CC(O)c1cc(CNC(=O)N2CCC3(CC2)CC(=O)c2cc(F)ccc2N3)ccc1F. The Morgan fingerprint density at radius 3 is 2.68 bits per heavy atom. The Morgan fingerprint density at radius 1 is 1.23 bits per heavy atom. The summed E-state index contributed by atoms with van der Waals surface area (Å²) in [5.41, 5.74) is 1.48. The van der Waals surface area contributed by atoms with Crippen LogP contribution in [-0.4, -0.2) is 40.4 Å². The van der Waals surface area contributed by atoms with Gasteiger partial charge in [-0.3, -0.25) is 4.79 Å². The third kappa shape index (κ3) is 4.39. The van der Waals surface area contributed by atoms with Crippen LogP contribution in [0.5, 0.6) is 0 Å². The number of halogens is 2. The standard InChI is InChI=1S/C23H25F2N3O3/c1-14(29)17-10-15(2-4-19(17)25)13-26-22(31)28-8-6-23(7-9-28)12-21(30)18-11-16(24)3-5-20(18)27-23/h2-5,10-11,14,27,29H,6-9,12-13H2,1H3,(H,26,31). The molecule has 31 heavy (non-hydrogen) atoms. The van der Waals surface area contributed by atoms with Crippen molar-refractivity contribution in [3.63, 3.8) is 0 Å². The van der Waals surface area contributed by atoms with Gasteiger partial charge < -0.3 is 20.6 Å². The van der Waals surface area contributed by atoms with Crippen molar-refractivity contribution in [1.82, 2.24) is 10.2 Å². The lowest BCUT2D eigenvalue weighted by molar-refractivity contribution is 0.0915. The maximum absolute atomic E-state index is 13.7. The number of hydrogen-bond acceptors (Lipinski definition) is 4. The Labute approximate surface area is 179 Å². The van der Waals surface area contributed by atoms with Crippen molar-refractivity contribution in [2.75, 3.05) is 18.4 Å². The van der Waals surface area contributed by atoms with Crippen LogP contribution in [0.15, 0.2) is 36.4 Å². The first-order valence-electron chi connectivity index (χ1n) is 10.4. The van der Waals surface area contributed by atoms with Gasteiger partial charge in [0.05, 0.1) is 6.10 Å². The van der Waals surface area contributed by atoms with E-state index in [1.807, 2.05) is 0 Å². The number of aliphatic hydroxyl groups is 1. The number of nitrogens with zero attached hydrogens (tertiary/aromatic N) is 1. The molecule has 1 spiro atoms. The number of rotatable bonds is 3. The molecule has 8 heteroatoms. The first kappa shape index (κ1) is 21.2. The number of nitrogens with one attached hydrogen (secondary N) is 2. The van der Waals surface area contributed by atoms with Crippen molar-refractivity contribution in [3.05, 3.63) is 64.7 Å². The molecule has 2 aromatic rings. The van der Waals surface area contributed by atoms with Crippen molar-refractivity contribution < 1.29 is 23.5 Å². The molecule has 1 atom stereocenters. The van der Waals surface area contributed by atoms with Crippen LogP contribution in [0.2, 0.25) is 0 Å².